The lowest BCUT2D eigenvalue weighted by molar-refractivity contribution is 0.626. The van der Waals surface area contributed by atoms with Gasteiger partial charge in [-0.15, -0.1) is 0 Å². The number of nitrogens with one attached hydrogen (secondary N) is 1. The Balaban J connectivity index is 2.15. The topological polar surface area (TPSA) is 24.9 Å². The summed E-state index contributed by atoms with van der Waals surface area (Å²) < 4.78 is 13.7. The van der Waals surface area contributed by atoms with E-state index in [4.69, 9.17) is 0 Å². The van der Waals surface area contributed by atoms with Gasteiger partial charge in [-0.25, -0.2) is 9.37 Å². The van der Waals surface area contributed by atoms with Gasteiger partial charge in [-0.3, -0.25) is 0 Å². The maximum atomic E-state index is 12.8. The standard InChI is InChI=1S/C14H14BrFN2/c1-9(11-3-5-12(16)6-4-11)17-13-7-8-14(15)18-10(13)2/h3-9,17H,1-2H3. The lowest BCUT2D eigenvalue weighted by Gasteiger charge is -2.17. The van der Waals surface area contributed by atoms with Crippen molar-refractivity contribution in [1.29, 1.82) is 0 Å². The number of nitrogens with zero attached hydrogens (tertiary/aromatic N) is 1. The smallest absolute Gasteiger partial charge is 0.123 e. The second-order valence-electron chi connectivity index (χ2n) is 4.18. The molecule has 18 heavy (non-hydrogen) atoms. The lowest BCUT2D eigenvalue weighted by Crippen LogP contribution is -2.08. The van der Waals surface area contributed by atoms with Gasteiger partial charge in [-0.1, -0.05) is 12.1 Å². The second-order valence-corrected chi connectivity index (χ2v) is 5.00. The summed E-state index contributed by atoms with van der Waals surface area (Å²) in [5, 5.41) is 3.37. The van der Waals surface area contributed by atoms with Crippen LogP contribution < -0.4 is 5.32 Å². The van der Waals surface area contributed by atoms with Crippen LogP contribution in [0.2, 0.25) is 0 Å². The number of aromatic nitrogens is 1. The molecule has 1 aromatic carbocycles. The molecule has 1 unspecified atom stereocenters. The highest BCUT2D eigenvalue weighted by Gasteiger charge is 2.07. The summed E-state index contributed by atoms with van der Waals surface area (Å²) in [6.45, 7) is 3.99. The van der Waals surface area contributed by atoms with Crippen LogP contribution in [0, 0.1) is 12.7 Å². The number of hydrogen-bond acceptors (Lipinski definition) is 2. The number of aryl methyl sites for hydroxylation is 1. The first-order chi connectivity index (χ1) is 8.56. The molecule has 0 saturated carbocycles. The summed E-state index contributed by atoms with van der Waals surface area (Å²) in [6, 6.07) is 10.5. The van der Waals surface area contributed by atoms with Gasteiger partial charge in [0, 0.05) is 6.04 Å². The van der Waals surface area contributed by atoms with Crippen LogP contribution in [0.15, 0.2) is 41.0 Å². The van der Waals surface area contributed by atoms with Gasteiger partial charge in [0.05, 0.1) is 11.4 Å². The SMILES string of the molecule is Cc1nc(Br)ccc1NC(C)c1ccc(F)cc1. The number of anilines is 1. The number of halogens is 2. The number of rotatable bonds is 3. The summed E-state index contributed by atoms with van der Waals surface area (Å²) in [6.07, 6.45) is 0. The Morgan fingerprint density at radius 1 is 1.17 bits per heavy atom. The molecule has 2 rings (SSSR count). The highest BCUT2D eigenvalue weighted by Crippen LogP contribution is 2.22. The fraction of sp³-hybridized carbons (Fsp3) is 0.214. The molecule has 0 bridgehead atoms. The predicted octanol–water partition coefficient (Wildman–Crippen LogP) is 4.46. The molecule has 0 spiro atoms. The van der Waals surface area contributed by atoms with Crippen LogP contribution in [-0.4, -0.2) is 4.98 Å². The normalized spacial score (nSPS) is 12.2. The zero-order chi connectivity index (χ0) is 13.1. The Hall–Kier alpha value is -1.42. The maximum Gasteiger partial charge on any atom is 0.123 e. The number of hydrogen-bond donors (Lipinski definition) is 1. The third-order valence-electron chi connectivity index (χ3n) is 2.79. The zero-order valence-electron chi connectivity index (χ0n) is 10.2. The van der Waals surface area contributed by atoms with E-state index in [0.29, 0.717) is 0 Å². The first-order valence-corrected chi connectivity index (χ1v) is 6.50. The van der Waals surface area contributed by atoms with Crippen LogP contribution in [0.3, 0.4) is 0 Å². The van der Waals surface area contributed by atoms with Gasteiger partial charge < -0.3 is 5.32 Å². The van der Waals surface area contributed by atoms with Crippen molar-refractivity contribution in [2.45, 2.75) is 19.9 Å². The molecule has 2 aromatic rings. The first kappa shape index (κ1) is 13.0. The maximum absolute atomic E-state index is 12.8. The molecule has 0 fully saturated rings. The van der Waals surface area contributed by atoms with Gasteiger partial charge in [-0.05, 0) is 59.6 Å². The van der Waals surface area contributed by atoms with Crippen LogP contribution >= 0.6 is 15.9 Å². The Bertz CT molecular complexity index is 540. The molecule has 0 aliphatic heterocycles. The van der Waals surface area contributed by atoms with E-state index in [-0.39, 0.29) is 11.9 Å². The van der Waals surface area contributed by atoms with E-state index in [1.165, 1.54) is 12.1 Å². The van der Waals surface area contributed by atoms with Crippen LogP contribution in [0.4, 0.5) is 10.1 Å². The Morgan fingerprint density at radius 3 is 2.44 bits per heavy atom. The molecule has 4 heteroatoms. The van der Waals surface area contributed by atoms with Crippen molar-refractivity contribution in [3.8, 4) is 0 Å². The Labute approximate surface area is 114 Å². The highest BCUT2D eigenvalue weighted by molar-refractivity contribution is 9.10. The van der Waals surface area contributed by atoms with Crippen molar-refractivity contribution < 1.29 is 4.39 Å². The Kier molecular flexibility index (Phi) is 3.97. The van der Waals surface area contributed by atoms with E-state index < -0.39 is 0 Å². The molecule has 94 valence electrons. The van der Waals surface area contributed by atoms with Crippen molar-refractivity contribution in [1.82, 2.24) is 4.98 Å². The third-order valence-corrected chi connectivity index (χ3v) is 3.24. The summed E-state index contributed by atoms with van der Waals surface area (Å²) in [5.74, 6) is -0.215. The third kappa shape index (κ3) is 3.07. The van der Waals surface area contributed by atoms with E-state index in [2.05, 4.69) is 26.2 Å². The number of pyridine rings is 1. The van der Waals surface area contributed by atoms with Gasteiger partial charge in [-0.2, -0.15) is 0 Å². The molecular formula is C14H14BrFN2. The molecule has 0 radical (unpaired) electrons. The average Bonchev–Trinajstić information content (AvgIpc) is 2.33. The van der Waals surface area contributed by atoms with E-state index in [1.807, 2.05) is 26.0 Å². The van der Waals surface area contributed by atoms with E-state index in [9.17, 15) is 4.39 Å². The van der Waals surface area contributed by atoms with Crippen LogP contribution in [0.5, 0.6) is 0 Å². The molecule has 0 saturated heterocycles. The quantitative estimate of drug-likeness (QED) is 0.847. The fourth-order valence-corrected chi connectivity index (χ4v) is 2.15. The highest BCUT2D eigenvalue weighted by atomic mass is 79.9. The van der Waals surface area contributed by atoms with Gasteiger partial charge in [0.1, 0.15) is 10.4 Å². The minimum absolute atomic E-state index is 0.104. The van der Waals surface area contributed by atoms with Gasteiger partial charge in [0.25, 0.3) is 0 Å². The van der Waals surface area contributed by atoms with Crippen molar-refractivity contribution in [3.63, 3.8) is 0 Å². The second kappa shape index (κ2) is 5.48. The molecular weight excluding hydrogens is 295 g/mol. The lowest BCUT2D eigenvalue weighted by atomic mass is 10.1. The van der Waals surface area contributed by atoms with Crippen LogP contribution in [0.25, 0.3) is 0 Å². The monoisotopic (exact) mass is 308 g/mol. The Morgan fingerprint density at radius 2 is 1.83 bits per heavy atom. The number of benzene rings is 1. The molecule has 1 atom stereocenters. The zero-order valence-corrected chi connectivity index (χ0v) is 11.8. The summed E-state index contributed by atoms with van der Waals surface area (Å²) in [5.41, 5.74) is 2.95. The molecule has 1 N–H and O–H groups in total. The van der Waals surface area contributed by atoms with Gasteiger partial charge in [0.2, 0.25) is 0 Å². The molecule has 0 aliphatic carbocycles. The fourth-order valence-electron chi connectivity index (χ4n) is 1.75. The summed E-state index contributed by atoms with van der Waals surface area (Å²) >= 11 is 3.33. The first-order valence-electron chi connectivity index (χ1n) is 5.71. The summed E-state index contributed by atoms with van der Waals surface area (Å²) in [7, 11) is 0. The predicted molar refractivity (Wildman–Crippen MR) is 75.1 cm³/mol. The van der Waals surface area contributed by atoms with E-state index >= 15 is 0 Å². The molecule has 0 aliphatic rings. The molecule has 2 nitrogen and oxygen atoms in total. The van der Waals surface area contributed by atoms with Crippen LogP contribution in [0.1, 0.15) is 24.2 Å². The van der Waals surface area contributed by atoms with Crippen molar-refractivity contribution in [2.75, 3.05) is 5.32 Å². The van der Waals surface area contributed by atoms with Crippen molar-refractivity contribution in [3.05, 3.63) is 58.1 Å². The van der Waals surface area contributed by atoms with Crippen molar-refractivity contribution >= 4 is 21.6 Å². The van der Waals surface area contributed by atoms with Gasteiger partial charge in [0.15, 0.2) is 0 Å². The average molecular weight is 309 g/mol. The molecule has 1 aromatic heterocycles. The van der Waals surface area contributed by atoms with E-state index in [0.717, 1.165) is 21.5 Å². The molecule has 0 amide bonds. The molecule has 1 heterocycles. The summed E-state index contributed by atoms with van der Waals surface area (Å²) in [4.78, 5) is 4.33. The van der Waals surface area contributed by atoms with E-state index in [1.54, 1.807) is 12.1 Å². The van der Waals surface area contributed by atoms with Gasteiger partial charge >= 0.3 is 0 Å². The van der Waals surface area contributed by atoms with Crippen LogP contribution in [-0.2, 0) is 0 Å². The minimum Gasteiger partial charge on any atom is -0.377 e. The van der Waals surface area contributed by atoms with Crippen molar-refractivity contribution in [2.24, 2.45) is 0 Å². The minimum atomic E-state index is -0.215. The largest absolute Gasteiger partial charge is 0.377 e.